The molecular formula is C24H28O6. The molecule has 1 aliphatic heterocycles. The van der Waals surface area contributed by atoms with Crippen LogP contribution in [-0.2, 0) is 30.3 Å². The Morgan fingerprint density at radius 2 is 1.40 bits per heavy atom. The lowest BCUT2D eigenvalue weighted by atomic mass is 9.96. The third-order valence-electron chi connectivity index (χ3n) is 5.85. The Kier molecular flexibility index (Phi) is 6.63. The summed E-state index contributed by atoms with van der Waals surface area (Å²) in [6.07, 6.45) is -2.68. The molecule has 0 spiro atoms. The summed E-state index contributed by atoms with van der Waals surface area (Å²) in [5, 5.41) is 14.5. The highest BCUT2D eigenvalue weighted by Crippen LogP contribution is 2.32. The predicted molar refractivity (Wildman–Crippen MR) is 114 cm³/mol. The summed E-state index contributed by atoms with van der Waals surface area (Å²) in [5.41, 5.74) is 1.10. The minimum atomic E-state index is -0.643. The molecule has 0 radical (unpaired) electrons. The summed E-state index contributed by atoms with van der Waals surface area (Å²) in [5.74, 6) is 0. The molecule has 1 saturated heterocycles. The smallest absolute Gasteiger partial charge is 0.186 e. The van der Waals surface area contributed by atoms with Gasteiger partial charge in [0, 0.05) is 21.3 Å². The van der Waals surface area contributed by atoms with Crippen LogP contribution in [0, 0.1) is 0 Å². The first-order chi connectivity index (χ1) is 14.7. The van der Waals surface area contributed by atoms with Crippen molar-refractivity contribution in [2.75, 3.05) is 27.9 Å². The number of ether oxygens (including phenoxy) is 5. The molecule has 6 heteroatoms. The molecule has 3 aromatic carbocycles. The van der Waals surface area contributed by atoms with Crippen molar-refractivity contribution in [2.24, 2.45) is 0 Å². The lowest BCUT2D eigenvalue weighted by Crippen LogP contribution is -2.61. The van der Waals surface area contributed by atoms with Crippen molar-refractivity contribution < 1.29 is 28.8 Å². The maximum absolute atomic E-state index is 9.93. The monoisotopic (exact) mass is 412 g/mol. The van der Waals surface area contributed by atoms with Crippen LogP contribution >= 0.6 is 0 Å². The summed E-state index contributed by atoms with van der Waals surface area (Å²) in [6.45, 7) is 0.136. The number of hydrogen-bond donors (Lipinski definition) is 1. The van der Waals surface area contributed by atoms with Gasteiger partial charge in [-0.25, -0.2) is 0 Å². The van der Waals surface area contributed by atoms with E-state index in [2.05, 4.69) is 30.3 Å². The van der Waals surface area contributed by atoms with Gasteiger partial charge in [0.25, 0.3) is 0 Å². The lowest BCUT2D eigenvalue weighted by molar-refractivity contribution is -0.311. The van der Waals surface area contributed by atoms with Crippen molar-refractivity contribution in [3.63, 3.8) is 0 Å². The highest BCUT2D eigenvalue weighted by molar-refractivity contribution is 6.02. The molecule has 5 atom stereocenters. The van der Waals surface area contributed by atoms with Gasteiger partial charge in [-0.3, -0.25) is 0 Å². The van der Waals surface area contributed by atoms with Crippen LogP contribution in [0.1, 0.15) is 5.56 Å². The quantitative estimate of drug-likeness (QED) is 0.601. The molecule has 1 N–H and O–H groups in total. The second-order valence-electron chi connectivity index (χ2n) is 7.43. The van der Waals surface area contributed by atoms with E-state index in [0.29, 0.717) is 6.61 Å². The minimum absolute atomic E-state index is 0.211. The summed E-state index contributed by atoms with van der Waals surface area (Å²) in [7, 11) is 4.73. The van der Waals surface area contributed by atoms with Crippen LogP contribution < -0.4 is 0 Å². The highest BCUT2D eigenvalue weighted by atomic mass is 16.7. The van der Waals surface area contributed by atoms with Crippen LogP contribution in [0.2, 0.25) is 0 Å². The molecular weight excluding hydrogens is 384 g/mol. The fourth-order valence-corrected chi connectivity index (χ4v) is 4.38. The molecule has 1 aliphatic rings. The first-order valence-electron chi connectivity index (χ1n) is 10.1. The maximum Gasteiger partial charge on any atom is 0.186 e. The van der Waals surface area contributed by atoms with Crippen LogP contribution in [0.4, 0.5) is 0 Å². The fraction of sp³-hybridized carbons (Fsp3) is 0.417. The van der Waals surface area contributed by atoms with Gasteiger partial charge in [-0.15, -0.1) is 0 Å². The first-order valence-corrected chi connectivity index (χ1v) is 10.1. The maximum atomic E-state index is 9.93. The Hall–Kier alpha value is -2.06. The normalized spacial score (nSPS) is 27.0. The SMILES string of the molecule is CO[C@H]1O[C@H](CO)[C@@H](OCc2c3ccccc3cc3ccccc23)[C@H](OC)[C@H]1OC. The number of benzene rings is 3. The Bertz CT molecular complexity index is 936. The number of fused-ring (bicyclic) bond motifs is 2. The van der Waals surface area contributed by atoms with E-state index in [-0.39, 0.29) is 6.61 Å². The van der Waals surface area contributed by atoms with Gasteiger partial charge in [-0.05, 0) is 33.2 Å². The predicted octanol–water partition coefficient (Wildman–Crippen LogP) is 3.27. The molecule has 3 aromatic rings. The number of aliphatic hydroxyl groups is 1. The van der Waals surface area contributed by atoms with Crippen molar-refractivity contribution in [1.29, 1.82) is 0 Å². The van der Waals surface area contributed by atoms with Crippen LogP contribution in [0.15, 0.2) is 54.6 Å². The third kappa shape index (κ3) is 3.83. The lowest BCUT2D eigenvalue weighted by Gasteiger charge is -2.44. The second-order valence-corrected chi connectivity index (χ2v) is 7.43. The number of methoxy groups -OCH3 is 3. The summed E-state index contributed by atoms with van der Waals surface area (Å²) in [6, 6.07) is 18.7. The van der Waals surface area contributed by atoms with Crippen molar-refractivity contribution in [3.8, 4) is 0 Å². The Morgan fingerprint density at radius 1 is 0.800 bits per heavy atom. The molecule has 0 aliphatic carbocycles. The average Bonchev–Trinajstić information content (AvgIpc) is 2.80. The molecule has 0 bridgehead atoms. The molecule has 0 saturated carbocycles. The summed E-state index contributed by atoms with van der Waals surface area (Å²) < 4.78 is 28.9. The molecule has 160 valence electrons. The van der Waals surface area contributed by atoms with E-state index >= 15 is 0 Å². The molecule has 30 heavy (non-hydrogen) atoms. The van der Waals surface area contributed by atoms with Gasteiger partial charge in [-0.2, -0.15) is 0 Å². The highest BCUT2D eigenvalue weighted by Gasteiger charge is 2.47. The Labute approximate surface area is 176 Å². The van der Waals surface area contributed by atoms with Gasteiger partial charge in [0.15, 0.2) is 6.29 Å². The summed E-state index contributed by atoms with van der Waals surface area (Å²) >= 11 is 0. The Balaban J connectivity index is 1.69. The van der Waals surface area contributed by atoms with Gasteiger partial charge in [0.2, 0.25) is 0 Å². The van der Waals surface area contributed by atoms with E-state index in [9.17, 15) is 5.11 Å². The van der Waals surface area contributed by atoms with Crippen molar-refractivity contribution in [2.45, 2.75) is 37.3 Å². The molecule has 1 heterocycles. The van der Waals surface area contributed by atoms with E-state index < -0.39 is 30.7 Å². The molecule has 1 fully saturated rings. The van der Waals surface area contributed by atoms with Crippen LogP contribution in [0.25, 0.3) is 21.5 Å². The number of aliphatic hydroxyl groups excluding tert-OH is 1. The standard InChI is InChI=1S/C24H28O6/c1-26-22-21(20(13-25)30-24(28-3)23(22)27-2)29-14-19-17-10-6-4-8-15(17)12-16-9-5-7-11-18(16)19/h4-12,20-25H,13-14H2,1-3H3/t20-,21-,22+,23-,24+/m1/s1. The van der Waals surface area contributed by atoms with E-state index in [0.717, 1.165) is 27.1 Å². The van der Waals surface area contributed by atoms with E-state index in [1.54, 1.807) is 21.3 Å². The fourth-order valence-electron chi connectivity index (χ4n) is 4.38. The third-order valence-corrected chi connectivity index (χ3v) is 5.85. The second kappa shape index (κ2) is 9.39. The van der Waals surface area contributed by atoms with Crippen LogP contribution in [0.5, 0.6) is 0 Å². The van der Waals surface area contributed by atoms with Gasteiger partial charge in [-0.1, -0.05) is 48.5 Å². The number of hydrogen-bond acceptors (Lipinski definition) is 6. The van der Waals surface area contributed by atoms with Crippen LogP contribution in [0.3, 0.4) is 0 Å². The molecule has 0 aromatic heterocycles. The number of rotatable bonds is 7. The van der Waals surface area contributed by atoms with E-state index in [1.165, 1.54) is 0 Å². The van der Waals surface area contributed by atoms with Crippen molar-refractivity contribution in [3.05, 3.63) is 60.2 Å². The summed E-state index contributed by atoms with van der Waals surface area (Å²) in [4.78, 5) is 0. The zero-order chi connectivity index (χ0) is 21.1. The zero-order valence-electron chi connectivity index (χ0n) is 17.5. The average molecular weight is 412 g/mol. The van der Waals surface area contributed by atoms with Gasteiger partial charge in [0.1, 0.15) is 24.4 Å². The van der Waals surface area contributed by atoms with Gasteiger partial charge in [0.05, 0.1) is 13.2 Å². The van der Waals surface area contributed by atoms with Crippen LogP contribution in [-0.4, -0.2) is 63.7 Å². The topological polar surface area (TPSA) is 66.4 Å². The molecule has 6 nitrogen and oxygen atoms in total. The minimum Gasteiger partial charge on any atom is -0.394 e. The largest absolute Gasteiger partial charge is 0.394 e. The molecule has 0 unspecified atom stereocenters. The first kappa shape index (κ1) is 21.2. The van der Waals surface area contributed by atoms with Gasteiger partial charge >= 0.3 is 0 Å². The van der Waals surface area contributed by atoms with Crippen molar-refractivity contribution >= 4 is 21.5 Å². The van der Waals surface area contributed by atoms with E-state index in [1.807, 2.05) is 24.3 Å². The molecule has 0 amide bonds. The molecule has 4 rings (SSSR count). The van der Waals surface area contributed by atoms with E-state index in [4.69, 9.17) is 23.7 Å². The van der Waals surface area contributed by atoms with Crippen molar-refractivity contribution in [1.82, 2.24) is 0 Å². The van der Waals surface area contributed by atoms with Gasteiger partial charge < -0.3 is 28.8 Å². The Morgan fingerprint density at radius 3 is 1.93 bits per heavy atom. The zero-order valence-corrected chi connectivity index (χ0v) is 17.5.